The van der Waals surface area contributed by atoms with Crippen LogP contribution in [-0.4, -0.2) is 27.3 Å². The molecule has 2 aromatic rings. The number of rotatable bonds is 3. The molecular formula is C14H14N6O3. The van der Waals surface area contributed by atoms with Crippen LogP contribution >= 0.6 is 0 Å². The fourth-order valence-corrected chi connectivity index (χ4v) is 2.13. The molecule has 0 bridgehead atoms. The lowest BCUT2D eigenvalue weighted by Crippen LogP contribution is -2.35. The predicted molar refractivity (Wildman–Crippen MR) is 84.0 cm³/mol. The van der Waals surface area contributed by atoms with Gasteiger partial charge in [-0.05, 0) is 26.0 Å². The minimum atomic E-state index is -0.473. The number of aromatic nitrogens is 2. The van der Waals surface area contributed by atoms with E-state index in [1.54, 1.807) is 0 Å². The van der Waals surface area contributed by atoms with Gasteiger partial charge in [-0.3, -0.25) is 21.0 Å². The average molecular weight is 314 g/mol. The molecule has 0 saturated heterocycles. The molecule has 0 saturated carbocycles. The lowest BCUT2D eigenvalue weighted by Gasteiger charge is -2.18. The van der Waals surface area contributed by atoms with E-state index in [9.17, 15) is 10.1 Å². The molecule has 0 fully saturated rings. The molecule has 0 atom stereocenters. The Morgan fingerprint density at radius 1 is 1.17 bits per heavy atom. The Bertz CT molecular complexity index is 785. The van der Waals surface area contributed by atoms with Crippen LogP contribution < -0.4 is 15.6 Å². The highest BCUT2D eigenvalue weighted by atomic mass is 16.6. The van der Waals surface area contributed by atoms with Crippen LogP contribution in [0.1, 0.15) is 11.4 Å². The molecular weight excluding hydrogens is 300 g/mol. The zero-order chi connectivity index (χ0) is 16.4. The van der Waals surface area contributed by atoms with Crippen LogP contribution in [0.15, 0.2) is 29.3 Å². The molecule has 2 N–H and O–H groups in total. The fraction of sp³-hybridized carbons (Fsp3) is 0.214. The first-order valence-corrected chi connectivity index (χ1v) is 6.84. The molecule has 1 aliphatic heterocycles. The fourth-order valence-electron chi connectivity index (χ4n) is 2.13. The van der Waals surface area contributed by atoms with Crippen LogP contribution in [-0.2, 0) is 0 Å². The van der Waals surface area contributed by atoms with Gasteiger partial charge in [0.1, 0.15) is 18.0 Å². The largest absolute Gasteiger partial charge is 0.483 e. The molecule has 1 aromatic carbocycles. The van der Waals surface area contributed by atoms with Crippen LogP contribution in [0.25, 0.3) is 0 Å². The van der Waals surface area contributed by atoms with Gasteiger partial charge in [0.25, 0.3) is 5.69 Å². The molecule has 118 valence electrons. The number of ether oxygens (including phenoxy) is 1. The van der Waals surface area contributed by atoms with Crippen molar-refractivity contribution in [1.82, 2.24) is 15.4 Å². The number of hydrogen-bond acceptors (Lipinski definition) is 8. The maximum absolute atomic E-state index is 10.8. The molecule has 0 spiro atoms. The van der Waals surface area contributed by atoms with E-state index in [-0.39, 0.29) is 12.3 Å². The molecule has 2 heterocycles. The van der Waals surface area contributed by atoms with E-state index in [2.05, 4.69) is 25.8 Å². The molecule has 0 radical (unpaired) electrons. The molecule has 1 aromatic heterocycles. The lowest BCUT2D eigenvalue weighted by molar-refractivity contribution is -0.384. The number of hydrogen-bond donors (Lipinski definition) is 2. The van der Waals surface area contributed by atoms with Crippen molar-refractivity contribution >= 4 is 23.2 Å². The van der Waals surface area contributed by atoms with Gasteiger partial charge in [0.2, 0.25) is 5.95 Å². The zero-order valence-corrected chi connectivity index (χ0v) is 12.5. The van der Waals surface area contributed by atoms with Gasteiger partial charge in [0.05, 0.1) is 4.92 Å². The Balaban J connectivity index is 1.76. The van der Waals surface area contributed by atoms with Crippen molar-refractivity contribution in [3.05, 3.63) is 45.8 Å². The number of nitrogens with one attached hydrogen (secondary N) is 2. The summed E-state index contributed by atoms with van der Waals surface area (Å²) in [6.45, 7) is 3.95. The lowest BCUT2D eigenvalue weighted by atomic mass is 10.2. The van der Waals surface area contributed by atoms with Gasteiger partial charge >= 0.3 is 0 Å². The Labute approximate surface area is 131 Å². The number of nitro benzene ring substituents is 1. The van der Waals surface area contributed by atoms with Crippen molar-refractivity contribution in [2.45, 2.75) is 13.8 Å². The predicted octanol–water partition coefficient (Wildman–Crippen LogP) is 2.04. The SMILES string of the molecule is Cc1cc(C)nc(NNC2=Nc3cc([N+](=O)[O-])ccc3OC2)n1. The molecule has 1 aliphatic rings. The van der Waals surface area contributed by atoms with Crippen molar-refractivity contribution in [3.63, 3.8) is 0 Å². The second kappa shape index (κ2) is 5.87. The number of nitrogens with zero attached hydrogens (tertiary/aromatic N) is 4. The maximum Gasteiger partial charge on any atom is 0.271 e. The maximum atomic E-state index is 10.8. The number of aryl methyl sites for hydroxylation is 2. The van der Waals surface area contributed by atoms with Gasteiger partial charge in [0, 0.05) is 23.5 Å². The van der Waals surface area contributed by atoms with E-state index in [1.165, 1.54) is 18.2 Å². The second-order valence-electron chi connectivity index (χ2n) is 4.98. The normalized spacial score (nSPS) is 12.7. The first-order chi connectivity index (χ1) is 11.0. The minimum Gasteiger partial charge on any atom is -0.483 e. The zero-order valence-electron chi connectivity index (χ0n) is 12.5. The Hall–Kier alpha value is -3.23. The number of fused-ring (bicyclic) bond motifs is 1. The van der Waals surface area contributed by atoms with Crippen molar-refractivity contribution in [1.29, 1.82) is 0 Å². The number of non-ortho nitro benzene ring substituents is 1. The van der Waals surface area contributed by atoms with Gasteiger partial charge in [-0.1, -0.05) is 0 Å². The summed E-state index contributed by atoms with van der Waals surface area (Å²) in [5, 5.41) is 10.8. The van der Waals surface area contributed by atoms with Crippen molar-refractivity contribution < 1.29 is 9.66 Å². The average Bonchev–Trinajstić information content (AvgIpc) is 2.51. The number of amidine groups is 1. The third kappa shape index (κ3) is 3.34. The first-order valence-electron chi connectivity index (χ1n) is 6.84. The molecule has 23 heavy (non-hydrogen) atoms. The molecule has 3 rings (SSSR count). The summed E-state index contributed by atoms with van der Waals surface area (Å²) in [6.07, 6.45) is 0. The van der Waals surface area contributed by atoms with Crippen molar-refractivity contribution in [3.8, 4) is 5.75 Å². The van der Waals surface area contributed by atoms with E-state index < -0.39 is 4.92 Å². The molecule has 9 nitrogen and oxygen atoms in total. The highest BCUT2D eigenvalue weighted by Gasteiger charge is 2.17. The number of benzene rings is 1. The van der Waals surface area contributed by atoms with Gasteiger partial charge in [0.15, 0.2) is 5.84 Å². The van der Waals surface area contributed by atoms with E-state index in [4.69, 9.17) is 4.74 Å². The Morgan fingerprint density at radius 3 is 2.61 bits per heavy atom. The summed E-state index contributed by atoms with van der Waals surface area (Å²) >= 11 is 0. The summed E-state index contributed by atoms with van der Waals surface area (Å²) < 4.78 is 5.51. The summed E-state index contributed by atoms with van der Waals surface area (Å²) in [5.74, 6) is 1.39. The summed E-state index contributed by atoms with van der Waals surface area (Å²) in [6, 6.07) is 6.15. The highest BCUT2D eigenvalue weighted by Crippen LogP contribution is 2.33. The molecule has 0 unspecified atom stereocenters. The van der Waals surface area contributed by atoms with E-state index >= 15 is 0 Å². The van der Waals surface area contributed by atoms with Crippen LogP contribution in [0, 0.1) is 24.0 Å². The summed E-state index contributed by atoms with van der Waals surface area (Å²) in [4.78, 5) is 23.1. The summed E-state index contributed by atoms with van der Waals surface area (Å²) in [5.41, 5.74) is 7.74. The molecule has 0 aliphatic carbocycles. The number of aliphatic imine (C=N–C) groups is 1. The van der Waals surface area contributed by atoms with Gasteiger partial charge in [-0.2, -0.15) is 0 Å². The number of hydrazine groups is 1. The third-order valence-corrected chi connectivity index (χ3v) is 3.07. The van der Waals surface area contributed by atoms with E-state index in [1.807, 2.05) is 19.9 Å². The standard InChI is InChI=1S/C14H14N6O3/c1-8-5-9(2)16-14(15-8)19-18-13-7-23-12-4-3-10(20(21)22)6-11(12)17-13/h3-6H,7H2,1-2H3,(H,17,18)(H,15,16,19). The van der Waals surface area contributed by atoms with E-state index in [0.29, 0.717) is 23.2 Å². The number of anilines is 1. The minimum absolute atomic E-state index is 0.0389. The third-order valence-electron chi connectivity index (χ3n) is 3.07. The van der Waals surface area contributed by atoms with Gasteiger partial charge in [-0.15, -0.1) is 0 Å². The van der Waals surface area contributed by atoms with Crippen LogP contribution in [0.5, 0.6) is 5.75 Å². The van der Waals surface area contributed by atoms with Gasteiger partial charge in [-0.25, -0.2) is 15.0 Å². The Morgan fingerprint density at radius 2 is 1.91 bits per heavy atom. The van der Waals surface area contributed by atoms with Crippen LogP contribution in [0.3, 0.4) is 0 Å². The Kier molecular flexibility index (Phi) is 3.75. The molecule has 0 amide bonds. The monoisotopic (exact) mass is 314 g/mol. The summed E-state index contributed by atoms with van der Waals surface area (Å²) in [7, 11) is 0. The second-order valence-corrected chi connectivity index (χ2v) is 4.98. The topological polar surface area (TPSA) is 115 Å². The van der Waals surface area contributed by atoms with Gasteiger partial charge < -0.3 is 4.74 Å². The van der Waals surface area contributed by atoms with Crippen molar-refractivity contribution in [2.24, 2.45) is 4.99 Å². The smallest absolute Gasteiger partial charge is 0.271 e. The van der Waals surface area contributed by atoms with Crippen molar-refractivity contribution in [2.75, 3.05) is 12.0 Å². The number of nitro groups is 1. The first kappa shape index (κ1) is 14.7. The van der Waals surface area contributed by atoms with Crippen LogP contribution in [0.4, 0.5) is 17.3 Å². The quantitative estimate of drug-likeness (QED) is 0.658. The highest BCUT2D eigenvalue weighted by molar-refractivity contribution is 5.89. The molecule has 9 heteroatoms. The van der Waals surface area contributed by atoms with E-state index in [0.717, 1.165) is 11.4 Å². The van der Waals surface area contributed by atoms with Crippen LogP contribution in [0.2, 0.25) is 0 Å².